The van der Waals surface area contributed by atoms with Gasteiger partial charge in [-0.05, 0) is 75.7 Å². The summed E-state index contributed by atoms with van der Waals surface area (Å²) in [5.74, 6) is 1.62. The second-order valence-electron chi connectivity index (χ2n) is 16.8. The first-order valence-electron chi connectivity index (χ1n) is 17.5. The molecule has 2 saturated carbocycles. The summed E-state index contributed by atoms with van der Waals surface area (Å²) in [6.45, 7) is 21.8. The number of unbranched alkanes of at least 4 members (excludes halogenated alkanes) is 1. The van der Waals surface area contributed by atoms with Gasteiger partial charge in [-0.15, -0.1) is 0 Å². The number of allylic oxidation sites excluding steroid dienone is 8. The quantitative estimate of drug-likeness (QED) is 0.0793. The fourth-order valence-corrected chi connectivity index (χ4v) is 8.55. The van der Waals surface area contributed by atoms with Crippen LogP contribution in [0, 0.1) is 34.5 Å². The van der Waals surface area contributed by atoms with E-state index in [9.17, 15) is 15.3 Å². The van der Waals surface area contributed by atoms with Gasteiger partial charge in [0.1, 0.15) is 11.2 Å². The lowest BCUT2D eigenvalue weighted by Crippen LogP contribution is -2.50. The van der Waals surface area contributed by atoms with E-state index in [-0.39, 0.29) is 34.1 Å². The van der Waals surface area contributed by atoms with E-state index in [0.717, 1.165) is 19.3 Å². The highest BCUT2D eigenvalue weighted by Gasteiger charge is 2.74. The molecule has 9 atom stereocenters. The average Bonchev–Trinajstić information content (AvgIpc) is 3.49. The van der Waals surface area contributed by atoms with E-state index in [1.54, 1.807) is 0 Å². The van der Waals surface area contributed by atoms with E-state index in [1.807, 2.05) is 6.92 Å². The summed E-state index contributed by atoms with van der Waals surface area (Å²) >= 11 is 0. The van der Waals surface area contributed by atoms with E-state index >= 15 is 0 Å². The first-order chi connectivity index (χ1) is 20.3. The zero-order valence-corrected chi connectivity index (χ0v) is 29.8. The predicted octanol–water partition coefficient (Wildman–Crippen LogP) is 9.27. The Hall–Kier alpha value is -1.46. The lowest BCUT2D eigenvalue weighted by Gasteiger charge is -2.48. The third kappa shape index (κ3) is 9.30. The van der Waals surface area contributed by atoms with Gasteiger partial charge in [0.25, 0.3) is 0 Å². The topological polar surface area (TPSA) is 73.2 Å². The summed E-state index contributed by atoms with van der Waals surface area (Å²) in [6.07, 6.45) is 28.3. The minimum absolute atomic E-state index is 0.0433. The number of epoxide rings is 1. The molecule has 0 spiro atoms. The molecule has 1 saturated heterocycles. The molecular weight excluding hydrogens is 544 g/mol. The normalized spacial score (nSPS) is 37.6. The molecule has 0 aromatic rings. The van der Waals surface area contributed by atoms with Crippen LogP contribution in [0.5, 0.6) is 0 Å². The molecule has 250 valence electrons. The highest BCUT2D eigenvalue weighted by atomic mass is 16.6. The van der Waals surface area contributed by atoms with Crippen molar-refractivity contribution in [1.82, 2.24) is 0 Å². The van der Waals surface area contributed by atoms with Crippen molar-refractivity contribution in [2.75, 3.05) is 0 Å². The number of hydrogen-bond acceptors (Lipinski definition) is 4. The molecule has 1 heterocycles. The van der Waals surface area contributed by atoms with Crippen molar-refractivity contribution in [2.24, 2.45) is 34.5 Å². The van der Waals surface area contributed by atoms with Gasteiger partial charge in [-0.25, -0.2) is 0 Å². The number of fused-ring (bicyclic) bond motifs is 1. The van der Waals surface area contributed by atoms with Crippen molar-refractivity contribution in [3.05, 3.63) is 60.3 Å². The monoisotopic (exact) mass is 610 g/mol. The maximum absolute atomic E-state index is 11.0. The van der Waals surface area contributed by atoms with Crippen LogP contribution in [0.2, 0.25) is 0 Å². The second-order valence-corrected chi connectivity index (χ2v) is 16.8. The molecule has 3 N–H and O–H groups in total. The van der Waals surface area contributed by atoms with Crippen LogP contribution in [-0.4, -0.2) is 44.3 Å². The van der Waals surface area contributed by atoms with Gasteiger partial charge < -0.3 is 20.1 Å². The molecule has 4 unspecified atom stereocenters. The molecule has 0 bridgehead atoms. The van der Waals surface area contributed by atoms with Crippen molar-refractivity contribution in [2.45, 2.75) is 156 Å². The first kappa shape index (κ1) is 37.0. The number of rotatable bonds is 14. The minimum atomic E-state index is -0.872. The molecular formula is C40H66O4. The second kappa shape index (κ2) is 14.5. The average molecular weight is 611 g/mol. The van der Waals surface area contributed by atoms with Crippen LogP contribution in [0.3, 0.4) is 0 Å². The molecule has 2 aliphatic carbocycles. The molecule has 3 aliphatic rings. The Labute approximate surface area is 270 Å². The van der Waals surface area contributed by atoms with Gasteiger partial charge in [-0.3, -0.25) is 0 Å². The Morgan fingerprint density at radius 2 is 1.52 bits per heavy atom. The largest absolute Gasteiger partial charge is 0.393 e. The summed E-state index contributed by atoms with van der Waals surface area (Å²) < 4.78 is 6.27. The first-order valence-corrected chi connectivity index (χ1v) is 17.5. The van der Waals surface area contributed by atoms with Crippen LogP contribution in [0.4, 0.5) is 0 Å². The van der Waals surface area contributed by atoms with E-state index in [1.165, 1.54) is 31.3 Å². The molecule has 0 amide bonds. The van der Waals surface area contributed by atoms with Gasteiger partial charge in [-0.2, -0.15) is 0 Å². The van der Waals surface area contributed by atoms with E-state index < -0.39 is 11.7 Å². The minimum Gasteiger partial charge on any atom is -0.393 e. The van der Waals surface area contributed by atoms with Gasteiger partial charge in [0, 0.05) is 24.2 Å². The van der Waals surface area contributed by atoms with E-state index in [2.05, 4.69) is 117 Å². The molecule has 0 aromatic carbocycles. The maximum atomic E-state index is 11.0. The summed E-state index contributed by atoms with van der Waals surface area (Å²) in [5, 5.41) is 31.4. The Kier molecular flexibility index (Phi) is 12.2. The Morgan fingerprint density at radius 3 is 2.18 bits per heavy atom. The zero-order valence-electron chi connectivity index (χ0n) is 29.8. The van der Waals surface area contributed by atoms with Crippen molar-refractivity contribution >= 4 is 0 Å². The van der Waals surface area contributed by atoms with Crippen LogP contribution < -0.4 is 0 Å². The van der Waals surface area contributed by atoms with Gasteiger partial charge >= 0.3 is 0 Å². The van der Waals surface area contributed by atoms with Gasteiger partial charge in [0.05, 0.1) is 17.8 Å². The summed E-state index contributed by atoms with van der Waals surface area (Å²) in [4.78, 5) is 0. The van der Waals surface area contributed by atoms with Gasteiger partial charge in [0.15, 0.2) is 0 Å². The van der Waals surface area contributed by atoms with Gasteiger partial charge in [-0.1, -0.05) is 122 Å². The zero-order chi connectivity index (χ0) is 33.0. The Balaban J connectivity index is 1.33. The smallest absolute Gasteiger partial charge is 0.121 e. The third-order valence-corrected chi connectivity index (χ3v) is 11.0. The molecule has 4 nitrogen and oxygen atoms in total. The Bertz CT molecular complexity index is 1070. The molecule has 1 aliphatic heterocycles. The predicted molar refractivity (Wildman–Crippen MR) is 185 cm³/mol. The lowest BCUT2D eigenvalue weighted by molar-refractivity contribution is -0.111. The van der Waals surface area contributed by atoms with Crippen LogP contribution in [-0.2, 0) is 4.74 Å². The van der Waals surface area contributed by atoms with Crippen molar-refractivity contribution in [3.8, 4) is 0 Å². The summed E-state index contributed by atoms with van der Waals surface area (Å²) in [5.41, 5.74) is -0.368. The fourth-order valence-electron chi connectivity index (χ4n) is 8.55. The molecule has 4 heteroatoms. The number of aliphatic hydroxyl groups is 3. The van der Waals surface area contributed by atoms with Crippen molar-refractivity contribution in [3.63, 3.8) is 0 Å². The summed E-state index contributed by atoms with van der Waals surface area (Å²) in [6, 6.07) is 0. The van der Waals surface area contributed by atoms with Crippen LogP contribution >= 0.6 is 0 Å². The third-order valence-electron chi connectivity index (χ3n) is 11.0. The van der Waals surface area contributed by atoms with Crippen LogP contribution in [0.1, 0.15) is 127 Å². The fraction of sp³-hybridized carbons (Fsp3) is 0.750. The standard InChI is InChI=1S/C40H66O4/c1-29(17-13-19-31(3)21-22-35-36(5,6)25-33(41)27-38(35,9)43)15-11-12-16-30(2)18-14-20-32(4)23-24-40-37(7,8)26-34(42)28-39(40,10)44-40/h13-14,18-24,29-31,33-35,41-43H,11-12,15-17,25-28H2,1-10H3/b18-14+,19-13+,22-21?,24-23+,32-20-/t29?,30?,31?,33-,34-,35?,38+,39+,40-/m0/s1. The number of aliphatic hydroxyl groups excluding tert-OH is 2. The number of ether oxygens (including phenoxy) is 1. The van der Waals surface area contributed by atoms with Crippen LogP contribution in [0.25, 0.3) is 0 Å². The molecule has 44 heavy (non-hydrogen) atoms. The van der Waals surface area contributed by atoms with Crippen molar-refractivity contribution in [1.29, 1.82) is 0 Å². The molecule has 3 rings (SSSR count). The van der Waals surface area contributed by atoms with Gasteiger partial charge in [0.2, 0.25) is 0 Å². The SMILES string of the molecule is CC(=C/C=C/C(C)CCCCC(C)C/C=C/C(C)C=CC1C(C)(C)C[C@H](O)C[C@@]1(C)O)/C=C/[C@@]12O[C@]1(C)C[C@@H](O)CC2(C)C. The summed E-state index contributed by atoms with van der Waals surface area (Å²) in [7, 11) is 0. The van der Waals surface area contributed by atoms with Crippen LogP contribution in [0.15, 0.2) is 60.3 Å². The lowest BCUT2D eigenvalue weighted by atomic mass is 9.61. The molecule has 3 fully saturated rings. The highest BCUT2D eigenvalue weighted by Crippen LogP contribution is 2.66. The molecule has 0 aromatic heterocycles. The maximum Gasteiger partial charge on any atom is 0.121 e. The van der Waals surface area contributed by atoms with Crippen molar-refractivity contribution < 1.29 is 20.1 Å². The Morgan fingerprint density at radius 1 is 0.864 bits per heavy atom. The van der Waals surface area contributed by atoms with E-state index in [0.29, 0.717) is 30.6 Å². The van der Waals surface area contributed by atoms with E-state index in [4.69, 9.17) is 4.74 Å². The highest BCUT2D eigenvalue weighted by molar-refractivity contribution is 5.35. The number of hydrogen-bond donors (Lipinski definition) is 3. The molecule has 0 radical (unpaired) electrons.